The standard InChI is InChI=1S/C44H33N3/c1-31-38-19-11-21-40(31)47(37-17-9-4-10-18-37)41-22-12-20-39-43-28-35(33-15-7-3-8-16-33)24-26-46(43)30-36(44(39)41)29-45-25-23-34(27-42(38)45)32-13-5-2-6-14-32/h2-29H,30H2,1H3/q+2. The molecular weight excluding hydrogens is 571 g/mol. The summed E-state index contributed by atoms with van der Waals surface area (Å²) in [5.74, 6) is 0. The molecule has 0 N–H and O–H groups in total. The third-order valence-corrected chi connectivity index (χ3v) is 9.59. The summed E-state index contributed by atoms with van der Waals surface area (Å²) < 4.78 is 4.72. The van der Waals surface area contributed by atoms with E-state index in [1.165, 1.54) is 72.8 Å². The number of rotatable bonds is 3. The van der Waals surface area contributed by atoms with Gasteiger partial charge >= 0.3 is 0 Å². The zero-order chi connectivity index (χ0) is 31.3. The Morgan fingerprint density at radius 2 is 1.11 bits per heavy atom. The molecule has 0 atom stereocenters. The highest BCUT2D eigenvalue weighted by Crippen LogP contribution is 2.47. The van der Waals surface area contributed by atoms with Crippen LogP contribution in [-0.2, 0) is 6.54 Å². The molecule has 0 spiro atoms. The van der Waals surface area contributed by atoms with E-state index >= 15 is 0 Å². The van der Waals surface area contributed by atoms with Crippen LogP contribution in [0.3, 0.4) is 0 Å². The van der Waals surface area contributed by atoms with Crippen molar-refractivity contribution in [1.82, 2.24) is 0 Å². The van der Waals surface area contributed by atoms with Crippen molar-refractivity contribution < 1.29 is 9.13 Å². The molecule has 0 radical (unpaired) electrons. The zero-order valence-corrected chi connectivity index (χ0v) is 26.2. The van der Waals surface area contributed by atoms with E-state index < -0.39 is 0 Å². The van der Waals surface area contributed by atoms with Gasteiger partial charge in [0.25, 0.3) is 0 Å². The monoisotopic (exact) mass is 603 g/mol. The molecular formula is C44H33N3+2. The van der Waals surface area contributed by atoms with Gasteiger partial charge in [-0.05, 0) is 71.1 Å². The van der Waals surface area contributed by atoms with Crippen LogP contribution in [0.1, 0.15) is 11.1 Å². The van der Waals surface area contributed by atoms with E-state index in [1.54, 1.807) is 0 Å². The SMILES string of the molecule is Cc1c2cccc1N(c1ccccc1)c1cccc3c1C(=C[n+]1ccc(-c4ccccc4)cc1-2)C[n+]1ccc(-c2ccccc2)cc1-3. The normalized spacial score (nSPS) is 12.8. The molecule has 2 aliphatic rings. The number of allylic oxidation sites excluding steroid dienone is 1. The van der Waals surface area contributed by atoms with Gasteiger partial charge in [-0.2, -0.15) is 9.13 Å². The predicted octanol–water partition coefficient (Wildman–Crippen LogP) is 10.0. The van der Waals surface area contributed by atoms with E-state index in [1.807, 2.05) is 0 Å². The van der Waals surface area contributed by atoms with Crippen LogP contribution in [0.2, 0.25) is 0 Å². The molecule has 0 amide bonds. The summed E-state index contributed by atoms with van der Waals surface area (Å²) in [7, 11) is 0. The second kappa shape index (κ2) is 11.1. The summed E-state index contributed by atoms with van der Waals surface area (Å²) in [6.07, 6.45) is 6.83. The third-order valence-electron chi connectivity index (χ3n) is 9.59. The van der Waals surface area contributed by atoms with E-state index in [2.05, 4.69) is 191 Å². The van der Waals surface area contributed by atoms with Crippen molar-refractivity contribution in [2.45, 2.75) is 13.5 Å². The Hall–Kier alpha value is -6.06. The van der Waals surface area contributed by atoms with Crippen molar-refractivity contribution >= 4 is 28.8 Å². The number of aromatic nitrogens is 2. The lowest BCUT2D eigenvalue weighted by Crippen LogP contribution is -2.41. The van der Waals surface area contributed by atoms with Gasteiger partial charge in [0.1, 0.15) is 0 Å². The molecule has 0 aliphatic carbocycles. The van der Waals surface area contributed by atoms with Crippen LogP contribution in [0.25, 0.3) is 56.5 Å². The molecule has 2 aromatic heterocycles. The minimum atomic E-state index is 0.761. The van der Waals surface area contributed by atoms with Crippen molar-refractivity contribution in [2.75, 3.05) is 4.90 Å². The average molecular weight is 604 g/mol. The molecule has 222 valence electrons. The minimum absolute atomic E-state index is 0.761. The summed E-state index contributed by atoms with van der Waals surface area (Å²) in [6.45, 7) is 3.02. The van der Waals surface area contributed by atoms with Crippen LogP contribution in [0.15, 0.2) is 164 Å². The molecule has 3 heteroatoms. The molecule has 0 fully saturated rings. The fourth-order valence-corrected chi connectivity index (χ4v) is 7.30. The van der Waals surface area contributed by atoms with E-state index in [4.69, 9.17) is 0 Å². The van der Waals surface area contributed by atoms with Crippen molar-refractivity contribution in [3.8, 4) is 44.8 Å². The van der Waals surface area contributed by atoms with Gasteiger partial charge in [-0.3, -0.25) is 0 Å². The Labute approximate surface area is 275 Å². The van der Waals surface area contributed by atoms with E-state index in [-0.39, 0.29) is 0 Å². The Bertz CT molecular complexity index is 2320. The molecule has 2 bridgehead atoms. The number of nitrogens with zero attached hydrogens (tertiary/aromatic N) is 3. The summed E-state index contributed by atoms with van der Waals surface area (Å²) in [5, 5.41) is 0. The average Bonchev–Trinajstić information content (AvgIpc) is 3.13. The highest BCUT2D eigenvalue weighted by Gasteiger charge is 2.34. The number of hydrogen-bond acceptors (Lipinski definition) is 1. The van der Waals surface area contributed by atoms with Gasteiger partial charge in [-0.25, -0.2) is 0 Å². The van der Waals surface area contributed by atoms with Gasteiger partial charge in [-0.15, -0.1) is 0 Å². The van der Waals surface area contributed by atoms with Gasteiger partial charge in [0.05, 0.1) is 22.4 Å². The minimum Gasteiger partial charge on any atom is -0.310 e. The van der Waals surface area contributed by atoms with Crippen molar-refractivity contribution in [1.29, 1.82) is 0 Å². The fourth-order valence-electron chi connectivity index (χ4n) is 7.30. The Morgan fingerprint density at radius 1 is 0.511 bits per heavy atom. The van der Waals surface area contributed by atoms with Crippen LogP contribution in [0, 0.1) is 6.92 Å². The lowest BCUT2D eigenvalue weighted by atomic mass is 9.89. The van der Waals surface area contributed by atoms with Crippen LogP contribution in [-0.4, -0.2) is 0 Å². The van der Waals surface area contributed by atoms with Crippen LogP contribution >= 0.6 is 0 Å². The highest BCUT2D eigenvalue weighted by molar-refractivity contribution is 5.97. The molecule has 47 heavy (non-hydrogen) atoms. The number of benzene rings is 5. The second-order valence-corrected chi connectivity index (χ2v) is 12.3. The van der Waals surface area contributed by atoms with Crippen molar-refractivity contribution in [3.63, 3.8) is 0 Å². The Balaban J connectivity index is 1.36. The number of hydrogen-bond donors (Lipinski definition) is 0. The summed E-state index contributed by atoms with van der Waals surface area (Å²) in [4.78, 5) is 2.46. The topological polar surface area (TPSA) is 11.0 Å². The smallest absolute Gasteiger partial charge is 0.218 e. The van der Waals surface area contributed by atoms with Crippen molar-refractivity contribution in [2.24, 2.45) is 0 Å². The largest absolute Gasteiger partial charge is 0.310 e. The zero-order valence-electron chi connectivity index (χ0n) is 26.2. The lowest BCUT2D eigenvalue weighted by molar-refractivity contribution is -0.675. The highest BCUT2D eigenvalue weighted by atomic mass is 15.2. The van der Waals surface area contributed by atoms with Gasteiger partial charge in [0.15, 0.2) is 25.1 Å². The number of pyridine rings is 2. The van der Waals surface area contributed by atoms with Gasteiger partial charge in [0, 0.05) is 41.2 Å². The molecule has 5 aromatic carbocycles. The molecule has 9 rings (SSSR count). The quantitative estimate of drug-likeness (QED) is 0.183. The Kier molecular flexibility index (Phi) is 6.43. The number of para-hydroxylation sites is 1. The fraction of sp³-hybridized carbons (Fsp3) is 0.0455. The molecule has 0 saturated carbocycles. The van der Waals surface area contributed by atoms with E-state index in [9.17, 15) is 0 Å². The lowest BCUT2D eigenvalue weighted by Gasteiger charge is -2.32. The molecule has 7 aromatic rings. The first-order chi connectivity index (χ1) is 23.2. The van der Waals surface area contributed by atoms with Crippen molar-refractivity contribution in [3.05, 3.63) is 175 Å². The van der Waals surface area contributed by atoms with Crippen LogP contribution in [0.4, 0.5) is 17.1 Å². The maximum atomic E-state index is 2.46. The second-order valence-electron chi connectivity index (χ2n) is 12.3. The molecule has 3 nitrogen and oxygen atoms in total. The number of fused-ring (bicyclic) bond motifs is 6. The molecule has 0 unspecified atom stereocenters. The van der Waals surface area contributed by atoms with Gasteiger partial charge < -0.3 is 4.90 Å². The first-order valence-electron chi connectivity index (χ1n) is 16.2. The van der Waals surface area contributed by atoms with Gasteiger partial charge in [-0.1, -0.05) is 91.0 Å². The van der Waals surface area contributed by atoms with Gasteiger partial charge in [0.2, 0.25) is 11.4 Å². The summed E-state index contributed by atoms with van der Waals surface area (Å²) in [6, 6.07) is 54.8. The van der Waals surface area contributed by atoms with Crippen LogP contribution < -0.4 is 14.0 Å². The predicted molar refractivity (Wildman–Crippen MR) is 192 cm³/mol. The molecule has 0 saturated heterocycles. The molecule has 2 aliphatic heterocycles. The Morgan fingerprint density at radius 3 is 1.81 bits per heavy atom. The van der Waals surface area contributed by atoms with E-state index in [0.717, 1.165) is 12.2 Å². The third kappa shape index (κ3) is 4.59. The maximum Gasteiger partial charge on any atom is 0.218 e. The van der Waals surface area contributed by atoms with Crippen LogP contribution in [0.5, 0.6) is 0 Å². The number of anilines is 3. The first kappa shape index (κ1) is 27.3. The van der Waals surface area contributed by atoms with E-state index in [0.29, 0.717) is 0 Å². The summed E-state index contributed by atoms with van der Waals surface area (Å²) in [5.41, 5.74) is 17.0. The summed E-state index contributed by atoms with van der Waals surface area (Å²) >= 11 is 0. The molecule has 4 heterocycles. The maximum absolute atomic E-state index is 2.46. The first-order valence-corrected chi connectivity index (χ1v) is 16.2.